The molecule has 0 saturated carbocycles. The number of nitrogens with zero attached hydrogens (tertiary/aromatic N) is 1. The van der Waals surface area contributed by atoms with E-state index in [1.54, 1.807) is 4.90 Å². The normalized spacial score (nSPS) is 20.2. The van der Waals surface area contributed by atoms with Crippen molar-refractivity contribution in [3.63, 3.8) is 0 Å². The van der Waals surface area contributed by atoms with Gasteiger partial charge in [-0.15, -0.1) is 0 Å². The fourth-order valence-electron chi connectivity index (χ4n) is 3.14. The van der Waals surface area contributed by atoms with E-state index in [0.29, 0.717) is 37.6 Å². The number of fused-ring (bicyclic) bond motifs is 1. The Morgan fingerprint density at radius 3 is 2.88 bits per heavy atom. The van der Waals surface area contributed by atoms with Gasteiger partial charge in [-0.1, -0.05) is 13.0 Å². The van der Waals surface area contributed by atoms with Gasteiger partial charge in [0, 0.05) is 26.4 Å². The van der Waals surface area contributed by atoms with Crippen LogP contribution in [0, 0.1) is 0 Å². The molecule has 2 amide bonds. The molecule has 7 heteroatoms. The second-order valence-corrected chi connectivity index (χ2v) is 6.33. The van der Waals surface area contributed by atoms with Crippen molar-refractivity contribution < 1.29 is 23.8 Å². The molecule has 2 atom stereocenters. The van der Waals surface area contributed by atoms with E-state index < -0.39 is 6.04 Å². The highest BCUT2D eigenvalue weighted by Gasteiger charge is 2.30. The zero-order valence-electron chi connectivity index (χ0n) is 14.6. The second-order valence-electron chi connectivity index (χ2n) is 6.33. The van der Waals surface area contributed by atoms with Gasteiger partial charge in [-0.3, -0.25) is 9.59 Å². The Labute approximate surface area is 147 Å². The van der Waals surface area contributed by atoms with Gasteiger partial charge in [-0.25, -0.2) is 0 Å². The Morgan fingerprint density at radius 1 is 1.32 bits per heavy atom. The molecular formula is C18H24N2O5. The van der Waals surface area contributed by atoms with E-state index in [1.165, 1.54) is 6.92 Å². The third-order valence-electron chi connectivity index (χ3n) is 4.46. The van der Waals surface area contributed by atoms with Crippen LogP contribution in [0.4, 0.5) is 0 Å². The minimum absolute atomic E-state index is 0.0567. The summed E-state index contributed by atoms with van der Waals surface area (Å²) in [7, 11) is 0. The highest BCUT2D eigenvalue weighted by molar-refractivity contribution is 5.87. The van der Waals surface area contributed by atoms with Crippen molar-refractivity contribution in [2.45, 2.75) is 38.8 Å². The van der Waals surface area contributed by atoms with E-state index in [2.05, 4.69) is 5.32 Å². The highest BCUT2D eigenvalue weighted by Crippen LogP contribution is 2.32. The molecule has 0 radical (unpaired) electrons. The van der Waals surface area contributed by atoms with E-state index in [1.807, 2.05) is 25.1 Å². The molecule has 7 nitrogen and oxygen atoms in total. The van der Waals surface area contributed by atoms with Gasteiger partial charge < -0.3 is 24.4 Å². The van der Waals surface area contributed by atoms with Gasteiger partial charge in [0.15, 0.2) is 11.5 Å². The SMILES string of the molecule is CCC1CN(C(=O)C(Cc2ccc3c(c2)OCO3)NC(C)=O)CCO1. The average Bonchev–Trinajstić information content (AvgIpc) is 3.08. The summed E-state index contributed by atoms with van der Waals surface area (Å²) in [6, 6.07) is 4.98. The quantitative estimate of drug-likeness (QED) is 0.862. The fourth-order valence-corrected chi connectivity index (χ4v) is 3.14. The van der Waals surface area contributed by atoms with Crippen molar-refractivity contribution in [1.82, 2.24) is 10.2 Å². The number of carbonyl (C=O) groups excluding carboxylic acids is 2. The van der Waals surface area contributed by atoms with Crippen molar-refractivity contribution in [2.75, 3.05) is 26.5 Å². The summed E-state index contributed by atoms with van der Waals surface area (Å²) >= 11 is 0. The Hall–Kier alpha value is -2.28. The number of nitrogens with one attached hydrogen (secondary N) is 1. The molecule has 0 aliphatic carbocycles. The van der Waals surface area contributed by atoms with Crippen LogP contribution in [0.2, 0.25) is 0 Å². The molecule has 2 unspecified atom stereocenters. The minimum atomic E-state index is -0.603. The number of benzene rings is 1. The smallest absolute Gasteiger partial charge is 0.245 e. The largest absolute Gasteiger partial charge is 0.454 e. The average molecular weight is 348 g/mol. The summed E-state index contributed by atoms with van der Waals surface area (Å²) in [6.07, 6.45) is 1.32. The lowest BCUT2D eigenvalue weighted by molar-refractivity contribution is -0.142. The molecule has 1 saturated heterocycles. The number of morpholine rings is 1. The summed E-state index contributed by atoms with van der Waals surface area (Å²) in [5, 5.41) is 2.78. The van der Waals surface area contributed by atoms with Crippen LogP contribution in [0.1, 0.15) is 25.8 Å². The Bertz CT molecular complexity index is 648. The van der Waals surface area contributed by atoms with E-state index >= 15 is 0 Å². The molecule has 0 aromatic heterocycles. The number of carbonyl (C=O) groups is 2. The highest BCUT2D eigenvalue weighted by atomic mass is 16.7. The molecule has 25 heavy (non-hydrogen) atoms. The number of hydrogen-bond donors (Lipinski definition) is 1. The Kier molecular flexibility index (Phi) is 5.43. The molecule has 0 bridgehead atoms. The van der Waals surface area contributed by atoms with Crippen LogP contribution < -0.4 is 14.8 Å². The van der Waals surface area contributed by atoms with Gasteiger partial charge in [-0.05, 0) is 24.1 Å². The minimum Gasteiger partial charge on any atom is -0.454 e. The van der Waals surface area contributed by atoms with Gasteiger partial charge in [0.05, 0.1) is 12.7 Å². The first-order chi connectivity index (χ1) is 12.1. The molecule has 1 N–H and O–H groups in total. The molecule has 3 rings (SSSR count). The maximum Gasteiger partial charge on any atom is 0.245 e. The van der Waals surface area contributed by atoms with E-state index in [0.717, 1.165) is 12.0 Å². The van der Waals surface area contributed by atoms with Crippen molar-refractivity contribution in [3.05, 3.63) is 23.8 Å². The first kappa shape index (κ1) is 17.5. The van der Waals surface area contributed by atoms with E-state index in [4.69, 9.17) is 14.2 Å². The van der Waals surface area contributed by atoms with E-state index in [-0.39, 0.29) is 24.7 Å². The van der Waals surface area contributed by atoms with Crippen LogP contribution in [0.5, 0.6) is 11.5 Å². The van der Waals surface area contributed by atoms with Crippen LogP contribution in [0.3, 0.4) is 0 Å². The molecule has 1 aromatic rings. The topological polar surface area (TPSA) is 77.1 Å². The molecule has 1 aromatic carbocycles. The van der Waals surface area contributed by atoms with Gasteiger partial charge in [0.1, 0.15) is 6.04 Å². The van der Waals surface area contributed by atoms with Crippen molar-refractivity contribution in [2.24, 2.45) is 0 Å². The predicted octanol–water partition coefficient (Wildman–Crippen LogP) is 1.10. The van der Waals surface area contributed by atoms with Crippen LogP contribution in [-0.2, 0) is 20.7 Å². The summed E-state index contributed by atoms with van der Waals surface area (Å²) in [5.74, 6) is 1.07. The monoisotopic (exact) mass is 348 g/mol. The molecule has 2 aliphatic heterocycles. The maximum absolute atomic E-state index is 12.9. The van der Waals surface area contributed by atoms with Crippen LogP contribution in [0.15, 0.2) is 18.2 Å². The lowest BCUT2D eigenvalue weighted by atomic mass is 10.0. The van der Waals surface area contributed by atoms with Crippen molar-refractivity contribution in [1.29, 1.82) is 0 Å². The number of rotatable bonds is 5. The van der Waals surface area contributed by atoms with Gasteiger partial charge in [0.2, 0.25) is 18.6 Å². The maximum atomic E-state index is 12.9. The number of ether oxygens (including phenoxy) is 3. The van der Waals surface area contributed by atoms with Crippen LogP contribution in [-0.4, -0.2) is 55.3 Å². The van der Waals surface area contributed by atoms with Crippen LogP contribution >= 0.6 is 0 Å². The summed E-state index contributed by atoms with van der Waals surface area (Å²) in [4.78, 5) is 26.3. The molecule has 2 aliphatic rings. The second kappa shape index (κ2) is 7.74. The number of hydrogen-bond acceptors (Lipinski definition) is 5. The summed E-state index contributed by atoms with van der Waals surface area (Å²) in [6.45, 7) is 5.31. The third-order valence-corrected chi connectivity index (χ3v) is 4.46. The predicted molar refractivity (Wildman–Crippen MR) is 90.5 cm³/mol. The number of amides is 2. The van der Waals surface area contributed by atoms with Crippen LogP contribution in [0.25, 0.3) is 0 Å². The lowest BCUT2D eigenvalue weighted by Crippen LogP contribution is -2.54. The Morgan fingerprint density at radius 2 is 2.12 bits per heavy atom. The zero-order chi connectivity index (χ0) is 17.8. The molecule has 2 heterocycles. The lowest BCUT2D eigenvalue weighted by Gasteiger charge is -2.35. The fraction of sp³-hybridized carbons (Fsp3) is 0.556. The first-order valence-electron chi connectivity index (χ1n) is 8.63. The van der Waals surface area contributed by atoms with Gasteiger partial charge in [0.25, 0.3) is 0 Å². The molecular weight excluding hydrogens is 324 g/mol. The van der Waals surface area contributed by atoms with Crippen molar-refractivity contribution in [3.8, 4) is 11.5 Å². The van der Waals surface area contributed by atoms with Gasteiger partial charge >= 0.3 is 0 Å². The van der Waals surface area contributed by atoms with Gasteiger partial charge in [-0.2, -0.15) is 0 Å². The standard InChI is InChI=1S/C18H24N2O5/c1-3-14-10-20(6-7-23-14)18(22)15(19-12(2)21)8-13-4-5-16-17(9-13)25-11-24-16/h4-5,9,14-15H,3,6-8,10-11H2,1-2H3,(H,19,21). The Balaban J connectivity index is 1.72. The van der Waals surface area contributed by atoms with Crippen molar-refractivity contribution >= 4 is 11.8 Å². The third kappa shape index (κ3) is 4.22. The first-order valence-corrected chi connectivity index (χ1v) is 8.63. The zero-order valence-corrected chi connectivity index (χ0v) is 14.6. The molecule has 0 spiro atoms. The van der Waals surface area contributed by atoms with E-state index in [9.17, 15) is 9.59 Å². The summed E-state index contributed by atoms with van der Waals surface area (Å²) < 4.78 is 16.3. The molecule has 1 fully saturated rings. The molecule has 136 valence electrons. The summed E-state index contributed by atoms with van der Waals surface area (Å²) in [5.41, 5.74) is 0.914.